The first-order valence-electron chi connectivity index (χ1n) is 8.12. The summed E-state index contributed by atoms with van der Waals surface area (Å²) >= 11 is 0. The number of nitrogens with zero attached hydrogens (tertiary/aromatic N) is 2. The molecule has 2 heterocycles. The molecular weight excluding hydrogens is 272 g/mol. The van der Waals surface area contributed by atoms with Gasteiger partial charge in [-0.25, -0.2) is 9.97 Å². The van der Waals surface area contributed by atoms with Gasteiger partial charge in [-0.05, 0) is 32.4 Å². The summed E-state index contributed by atoms with van der Waals surface area (Å²) in [6.07, 6.45) is 2.76. The Balaban J connectivity index is 1.95. The molecule has 0 fully saturated rings. The first-order chi connectivity index (χ1) is 10.7. The van der Waals surface area contributed by atoms with Crippen molar-refractivity contribution in [3.63, 3.8) is 0 Å². The third-order valence-electron chi connectivity index (χ3n) is 3.86. The van der Waals surface area contributed by atoms with Crippen molar-refractivity contribution in [3.05, 3.63) is 53.0 Å². The number of aromatic nitrogens is 2. The Bertz CT molecular complexity index is 622. The van der Waals surface area contributed by atoms with Gasteiger partial charge in [-0.15, -0.1) is 0 Å². The van der Waals surface area contributed by atoms with E-state index >= 15 is 0 Å². The van der Waals surface area contributed by atoms with Gasteiger partial charge in [0.05, 0.1) is 5.69 Å². The van der Waals surface area contributed by atoms with Crippen LogP contribution in [-0.2, 0) is 19.3 Å². The van der Waals surface area contributed by atoms with E-state index in [1.807, 2.05) is 6.07 Å². The number of rotatable bonds is 4. The van der Waals surface area contributed by atoms with Crippen LogP contribution in [0.25, 0.3) is 0 Å². The van der Waals surface area contributed by atoms with Crippen LogP contribution in [0, 0.1) is 0 Å². The lowest BCUT2D eigenvalue weighted by Crippen LogP contribution is -2.17. The minimum absolute atomic E-state index is 0.375. The van der Waals surface area contributed by atoms with Gasteiger partial charge in [-0.1, -0.05) is 30.3 Å². The fourth-order valence-electron chi connectivity index (χ4n) is 2.85. The summed E-state index contributed by atoms with van der Waals surface area (Å²) in [6, 6.07) is 10.8. The summed E-state index contributed by atoms with van der Waals surface area (Å²) < 4.78 is 0. The van der Waals surface area contributed by atoms with Crippen LogP contribution in [0.3, 0.4) is 0 Å². The molecule has 0 amide bonds. The molecule has 0 aliphatic carbocycles. The van der Waals surface area contributed by atoms with E-state index in [2.05, 4.69) is 48.7 Å². The van der Waals surface area contributed by atoms with Gasteiger partial charge >= 0.3 is 0 Å². The quantitative estimate of drug-likeness (QED) is 0.910. The molecule has 2 aromatic rings. The highest BCUT2D eigenvalue weighted by Crippen LogP contribution is 2.21. The molecule has 1 aromatic heterocycles. The molecule has 1 aliphatic heterocycles. The number of fused-ring (bicyclic) bond motifs is 1. The van der Waals surface area contributed by atoms with Crippen LogP contribution >= 0.6 is 0 Å². The number of hydrogen-bond acceptors (Lipinski definition) is 4. The van der Waals surface area contributed by atoms with Crippen LogP contribution in [0.15, 0.2) is 30.3 Å². The van der Waals surface area contributed by atoms with Crippen molar-refractivity contribution in [2.24, 2.45) is 0 Å². The van der Waals surface area contributed by atoms with Crippen molar-refractivity contribution in [2.75, 3.05) is 18.4 Å². The van der Waals surface area contributed by atoms with E-state index in [0.29, 0.717) is 6.04 Å². The standard InChI is InChI=1S/C18H24N4/c1-13(2)20-18-15-8-10-19-11-9-16(15)21-17(22-18)12-14-6-4-3-5-7-14/h3-7,13,19H,8-12H2,1-2H3,(H,20,21,22). The maximum atomic E-state index is 4.85. The van der Waals surface area contributed by atoms with Crippen molar-refractivity contribution in [3.8, 4) is 0 Å². The average molecular weight is 296 g/mol. The van der Waals surface area contributed by atoms with Gasteiger partial charge in [0.15, 0.2) is 0 Å². The van der Waals surface area contributed by atoms with Crippen molar-refractivity contribution in [2.45, 2.75) is 39.2 Å². The number of benzene rings is 1. The van der Waals surface area contributed by atoms with Crippen LogP contribution in [-0.4, -0.2) is 29.1 Å². The van der Waals surface area contributed by atoms with Crippen LogP contribution in [0.4, 0.5) is 5.82 Å². The molecule has 22 heavy (non-hydrogen) atoms. The summed E-state index contributed by atoms with van der Waals surface area (Å²) in [6.45, 7) is 6.30. The molecule has 4 nitrogen and oxygen atoms in total. The van der Waals surface area contributed by atoms with E-state index < -0.39 is 0 Å². The second kappa shape index (κ2) is 6.88. The molecule has 0 spiro atoms. The summed E-state index contributed by atoms with van der Waals surface area (Å²) in [7, 11) is 0. The Kier molecular flexibility index (Phi) is 4.68. The first kappa shape index (κ1) is 15.0. The summed E-state index contributed by atoms with van der Waals surface area (Å²) in [5.74, 6) is 1.93. The molecule has 1 aliphatic rings. The predicted octanol–water partition coefficient (Wildman–Crippen LogP) is 2.58. The van der Waals surface area contributed by atoms with Gasteiger partial charge < -0.3 is 10.6 Å². The summed E-state index contributed by atoms with van der Waals surface area (Å²) in [5.41, 5.74) is 3.74. The molecule has 0 saturated carbocycles. The lowest BCUT2D eigenvalue weighted by Gasteiger charge is -2.16. The van der Waals surface area contributed by atoms with E-state index in [1.165, 1.54) is 16.8 Å². The molecule has 0 atom stereocenters. The SMILES string of the molecule is CC(C)Nc1nc(Cc2ccccc2)nc2c1CCNCC2. The Labute approximate surface area is 132 Å². The Morgan fingerprint density at radius 3 is 2.64 bits per heavy atom. The lowest BCUT2D eigenvalue weighted by molar-refractivity contribution is 0.708. The molecule has 0 unspecified atom stereocenters. The van der Waals surface area contributed by atoms with Crippen molar-refractivity contribution < 1.29 is 0 Å². The van der Waals surface area contributed by atoms with Crippen LogP contribution < -0.4 is 10.6 Å². The topological polar surface area (TPSA) is 49.8 Å². The zero-order valence-corrected chi connectivity index (χ0v) is 13.4. The molecular formula is C18H24N4. The van der Waals surface area contributed by atoms with E-state index in [9.17, 15) is 0 Å². The molecule has 2 N–H and O–H groups in total. The summed E-state index contributed by atoms with van der Waals surface area (Å²) in [5, 5.41) is 6.96. The van der Waals surface area contributed by atoms with Gasteiger partial charge in [0.25, 0.3) is 0 Å². The van der Waals surface area contributed by atoms with Gasteiger partial charge in [-0.2, -0.15) is 0 Å². The van der Waals surface area contributed by atoms with Crippen molar-refractivity contribution >= 4 is 5.82 Å². The monoisotopic (exact) mass is 296 g/mol. The van der Waals surface area contributed by atoms with Crippen molar-refractivity contribution in [1.29, 1.82) is 0 Å². The Hall–Kier alpha value is -1.94. The molecule has 0 saturated heterocycles. The Morgan fingerprint density at radius 2 is 1.86 bits per heavy atom. The second-order valence-electron chi connectivity index (χ2n) is 6.13. The largest absolute Gasteiger partial charge is 0.368 e. The normalized spacial score (nSPS) is 14.5. The minimum atomic E-state index is 0.375. The lowest BCUT2D eigenvalue weighted by atomic mass is 10.1. The maximum absolute atomic E-state index is 4.85. The average Bonchev–Trinajstić information content (AvgIpc) is 2.73. The van der Waals surface area contributed by atoms with Crippen LogP contribution in [0.5, 0.6) is 0 Å². The molecule has 0 bridgehead atoms. The fourth-order valence-corrected chi connectivity index (χ4v) is 2.85. The number of hydrogen-bond donors (Lipinski definition) is 2. The highest BCUT2D eigenvalue weighted by molar-refractivity contribution is 5.48. The predicted molar refractivity (Wildman–Crippen MR) is 90.3 cm³/mol. The second-order valence-corrected chi connectivity index (χ2v) is 6.13. The van der Waals surface area contributed by atoms with Gasteiger partial charge in [0.1, 0.15) is 11.6 Å². The Morgan fingerprint density at radius 1 is 1.09 bits per heavy atom. The van der Waals surface area contributed by atoms with Gasteiger partial charge in [-0.3, -0.25) is 0 Å². The minimum Gasteiger partial charge on any atom is -0.368 e. The number of anilines is 1. The van der Waals surface area contributed by atoms with E-state index in [0.717, 1.165) is 44.0 Å². The molecule has 4 heteroatoms. The maximum Gasteiger partial charge on any atom is 0.135 e. The molecule has 116 valence electrons. The summed E-state index contributed by atoms with van der Waals surface area (Å²) in [4.78, 5) is 9.66. The molecule has 1 aromatic carbocycles. The van der Waals surface area contributed by atoms with E-state index in [-0.39, 0.29) is 0 Å². The van der Waals surface area contributed by atoms with E-state index in [4.69, 9.17) is 9.97 Å². The number of nitrogens with one attached hydrogen (secondary N) is 2. The molecule has 3 rings (SSSR count). The zero-order chi connectivity index (χ0) is 15.4. The highest BCUT2D eigenvalue weighted by atomic mass is 15.1. The third kappa shape index (κ3) is 3.63. The highest BCUT2D eigenvalue weighted by Gasteiger charge is 2.17. The third-order valence-corrected chi connectivity index (χ3v) is 3.86. The van der Waals surface area contributed by atoms with Crippen molar-refractivity contribution in [1.82, 2.24) is 15.3 Å². The van der Waals surface area contributed by atoms with E-state index in [1.54, 1.807) is 0 Å². The smallest absolute Gasteiger partial charge is 0.135 e. The van der Waals surface area contributed by atoms with Gasteiger partial charge in [0.2, 0.25) is 0 Å². The van der Waals surface area contributed by atoms with Crippen LogP contribution in [0.1, 0.15) is 36.5 Å². The van der Waals surface area contributed by atoms with Crippen LogP contribution in [0.2, 0.25) is 0 Å². The molecule has 0 radical (unpaired) electrons. The fraction of sp³-hybridized carbons (Fsp3) is 0.444. The zero-order valence-electron chi connectivity index (χ0n) is 13.4. The first-order valence-corrected chi connectivity index (χ1v) is 8.12. The van der Waals surface area contributed by atoms with Gasteiger partial charge in [0, 0.05) is 31.0 Å².